The normalized spacial score (nSPS) is 48.1. The van der Waals surface area contributed by atoms with E-state index in [1.807, 2.05) is 0 Å². The number of fused-ring (bicyclic) bond motifs is 7. The fourth-order valence-electron chi connectivity index (χ4n) is 24.5. The van der Waals surface area contributed by atoms with Crippen molar-refractivity contribution < 1.29 is 0 Å². The van der Waals surface area contributed by atoms with Gasteiger partial charge in [0.05, 0.1) is 0 Å². The Kier molecular flexibility index (Phi) is 21.9. The molecule has 22 aliphatic rings. The first-order valence-corrected chi connectivity index (χ1v) is 35.9. The Bertz CT molecular complexity index is 1770. The zero-order chi connectivity index (χ0) is 57.3. The highest BCUT2D eigenvalue weighted by Gasteiger charge is 2.68. The first kappa shape index (κ1) is 72.7. The molecule has 22 fully saturated rings. The molecule has 0 saturated heterocycles. The highest BCUT2D eigenvalue weighted by Crippen LogP contribution is 2.78. The van der Waals surface area contributed by atoms with Gasteiger partial charge in [-0.05, 0) is 334 Å². The van der Waals surface area contributed by atoms with Crippen molar-refractivity contribution in [2.75, 3.05) is 0 Å². The lowest BCUT2D eigenvalue weighted by atomic mass is 9.33. The Hall–Kier alpha value is 0. The van der Waals surface area contributed by atoms with Gasteiger partial charge in [0.1, 0.15) is 0 Å². The molecule has 0 radical (unpaired) electrons. The van der Waals surface area contributed by atoms with Gasteiger partial charge in [0.15, 0.2) is 0 Å². The van der Waals surface area contributed by atoms with E-state index in [1.165, 1.54) is 160 Å². The first-order chi connectivity index (χ1) is 35.9. The SMILES string of the molecule is C.C.C.C.CC(C)C12CC(C)(C1)C2.CC(C)C12CC(C)(C1)C2.CC(C)C12CC(C)(C1)C2.CC(C)C12CC(C)(C1)C2.CC(C)C12CCC(C)(CC1)C2.CC(C)C12CCC(C)(CC1)CC2.CC(C)C1CC2CCC1C2.CC(C)CC12CC(C1)C2. The molecule has 484 valence electrons. The molecular formula is C82H156. The summed E-state index contributed by atoms with van der Waals surface area (Å²) in [6.07, 6.45) is 47.4. The quantitative estimate of drug-likeness (QED) is 0.216. The van der Waals surface area contributed by atoms with Gasteiger partial charge in [-0.15, -0.1) is 0 Å². The molecule has 0 amide bonds. The van der Waals surface area contributed by atoms with Crippen LogP contribution < -0.4 is 0 Å². The highest BCUT2D eigenvalue weighted by molar-refractivity contribution is 5.18. The highest BCUT2D eigenvalue weighted by atomic mass is 14.7. The van der Waals surface area contributed by atoms with Crippen molar-refractivity contribution in [3.8, 4) is 0 Å². The van der Waals surface area contributed by atoms with Gasteiger partial charge in [-0.3, -0.25) is 0 Å². The van der Waals surface area contributed by atoms with E-state index in [1.54, 1.807) is 44.9 Å². The molecule has 22 rings (SSSR count). The zero-order valence-corrected chi connectivity index (χ0v) is 57.3. The van der Waals surface area contributed by atoms with Crippen LogP contribution in [0.4, 0.5) is 0 Å². The predicted octanol–water partition coefficient (Wildman–Crippen LogP) is 27.4. The van der Waals surface area contributed by atoms with E-state index < -0.39 is 0 Å². The van der Waals surface area contributed by atoms with E-state index in [9.17, 15) is 0 Å². The van der Waals surface area contributed by atoms with Gasteiger partial charge in [0.25, 0.3) is 0 Å². The molecule has 3 unspecified atom stereocenters. The van der Waals surface area contributed by atoms with Crippen molar-refractivity contribution in [2.45, 2.75) is 381 Å². The van der Waals surface area contributed by atoms with Gasteiger partial charge >= 0.3 is 0 Å². The molecule has 0 aliphatic heterocycles. The summed E-state index contributed by atoms with van der Waals surface area (Å²) in [7, 11) is 0. The molecule has 0 N–H and O–H groups in total. The smallest absolute Gasteiger partial charge is 0.0259 e. The van der Waals surface area contributed by atoms with Gasteiger partial charge < -0.3 is 0 Å². The minimum atomic E-state index is 0. The van der Waals surface area contributed by atoms with Gasteiger partial charge in [-0.25, -0.2) is 0 Å². The predicted molar refractivity (Wildman–Crippen MR) is 368 cm³/mol. The van der Waals surface area contributed by atoms with Crippen molar-refractivity contribution >= 4 is 0 Å². The molecule has 0 heterocycles. The molecule has 3 atom stereocenters. The van der Waals surface area contributed by atoms with E-state index >= 15 is 0 Å². The third-order valence-corrected chi connectivity index (χ3v) is 30.3. The Morgan fingerprint density at radius 3 is 0.707 bits per heavy atom. The zero-order valence-electron chi connectivity index (χ0n) is 57.3. The number of rotatable bonds is 9. The van der Waals surface area contributed by atoms with Crippen molar-refractivity contribution in [3.05, 3.63) is 0 Å². The Balaban J connectivity index is 0.000000171. The minimum Gasteiger partial charge on any atom is -0.0776 e. The van der Waals surface area contributed by atoms with Crippen LogP contribution in [0, 0.1) is 141 Å². The fourth-order valence-corrected chi connectivity index (χ4v) is 24.5. The van der Waals surface area contributed by atoms with Crippen LogP contribution in [0.3, 0.4) is 0 Å². The maximum atomic E-state index is 2.50. The van der Waals surface area contributed by atoms with Crippen molar-refractivity contribution in [2.24, 2.45) is 141 Å². The maximum absolute atomic E-state index is 2.50. The van der Waals surface area contributed by atoms with Crippen LogP contribution in [0.25, 0.3) is 0 Å². The van der Waals surface area contributed by atoms with E-state index in [2.05, 4.69) is 152 Å². The summed E-state index contributed by atoms with van der Waals surface area (Å²) in [4.78, 5) is 0. The molecule has 0 heteroatoms. The summed E-state index contributed by atoms with van der Waals surface area (Å²) in [5.74, 6) is 12.0. The van der Waals surface area contributed by atoms with Crippen LogP contribution in [0.5, 0.6) is 0 Å². The number of hydrogen-bond donors (Lipinski definition) is 0. The van der Waals surface area contributed by atoms with Crippen LogP contribution in [0.15, 0.2) is 0 Å². The second-order valence-corrected chi connectivity index (χ2v) is 39.9. The molecular weight excluding hydrogens is 985 g/mol. The van der Waals surface area contributed by atoms with Crippen LogP contribution in [0.1, 0.15) is 381 Å². The molecule has 22 aliphatic carbocycles. The van der Waals surface area contributed by atoms with E-state index in [0.717, 1.165) is 135 Å². The van der Waals surface area contributed by atoms with Crippen molar-refractivity contribution in [3.63, 3.8) is 0 Å². The monoisotopic (exact) mass is 1140 g/mol. The number of hydrogen-bond acceptors (Lipinski definition) is 0. The lowest BCUT2D eigenvalue weighted by molar-refractivity contribution is -0.217. The molecule has 0 aromatic carbocycles. The van der Waals surface area contributed by atoms with Crippen molar-refractivity contribution in [1.29, 1.82) is 0 Å². The molecule has 0 aromatic rings. The Morgan fingerprint density at radius 2 is 0.573 bits per heavy atom. The van der Waals surface area contributed by atoms with Gasteiger partial charge in [0, 0.05) is 0 Å². The molecule has 82 heavy (non-hydrogen) atoms. The van der Waals surface area contributed by atoms with Gasteiger partial charge in [-0.2, -0.15) is 0 Å². The Labute approximate surface area is 519 Å². The van der Waals surface area contributed by atoms with Crippen molar-refractivity contribution in [1.82, 2.24) is 0 Å². The summed E-state index contributed by atoms with van der Waals surface area (Å²) in [6.45, 7) is 52.8. The second-order valence-electron chi connectivity index (χ2n) is 39.9. The first-order valence-electron chi connectivity index (χ1n) is 35.9. The summed E-state index contributed by atoms with van der Waals surface area (Å²) >= 11 is 0. The van der Waals surface area contributed by atoms with E-state index in [4.69, 9.17) is 0 Å². The van der Waals surface area contributed by atoms with E-state index in [-0.39, 0.29) is 29.7 Å². The third kappa shape index (κ3) is 13.8. The van der Waals surface area contributed by atoms with Crippen LogP contribution in [-0.4, -0.2) is 0 Å². The molecule has 0 aromatic heterocycles. The molecule has 0 nitrogen and oxygen atoms in total. The lowest BCUT2D eigenvalue weighted by Gasteiger charge is -2.72. The average Bonchev–Trinajstić information content (AvgIpc) is 4.05. The van der Waals surface area contributed by atoms with Crippen LogP contribution in [-0.2, 0) is 0 Å². The minimum absolute atomic E-state index is 0. The topological polar surface area (TPSA) is 0 Å². The lowest BCUT2D eigenvalue weighted by Crippen LogP contribution is -2.62. The third-order valence-electron chi connectivity index (χ3n) is 30.3. The summed E-state index contributed by atoms with van der Waals surface area (Å²) in [6, 6.07) is 0. The van der Waals surface area contributed by atoms with Gasteiger partial charge in [0.2, 0.25) is 0 Å². The molecule has 0 spiro atoms. The average molecular weight is 1140 g/mol. The second kappa shape index (κ2) is 24.7. The summed E-state index contributed by atoms with van der Waals surface area (Å²) < 4.78 is 0. The summed E-state index contributed by atoms with van der Waals surface area (Å²) in [5, 5.41) is 0. The summed E-state index contributed by atoms with van der Waals surface area (Å²) in [5.41, 5.74) is 10.5. The molecule has 22 saturated carbocycles. The van der Waals surface area contributed by atoms with Crippen LogP contribution in [0.2, 0.25) is 0 Å². The molecule has 16 bridgehead atoms. The Morgan fingerprint density at radius 1 is 0.293 bits per heavy atom. The van der Waals surface area contributed by atoms with Gasteiger partial charge in [-0.1, -0.05) is 188 Å². The van der Waals surface area contributed by atoms with Crippen LogP contribution >= 0.6 is 0 Å². The largest absolute Gasteiger partial charge is 0.0776 e. The van der Waals surface area contributed by atoms with E-state index in [0.29, 0.717) is 0 Å². The maximum Gasteiger partial charge on any atom is -0.0259 e. The standard InChI is InChI=1S/C12H22.C11H20.C10H18.5C9H16.4CH4/c1-10(2)12-7-4-11(3,5-8-12)6-9-12;1-9(2)11-6-4-10(3,8-11)5-7-11;1-7(2)10-6-8-3-4-9(10)5-8;4*1-7(2)9-4-8(3,5-9)6-9;1-7(2)3-9-4-8(5-9)6-9;;;;/h10H,4-9H2,1-3H3;9H,4-8H2,1-3H3;7-10H,3-6H2,1-2H3;4*7H,4-6H2,1-3H3;7-8H,3-6H2,1-2H3;4*1H4. The fraction of sp³-hybridized carbons (Fsp3) is 1.00.